The first kappa shape index (κ1) is 17.8. The maximum Gasteiger partial charge on any atom is 0.337 e. The number of ether oxygens (including phenoxy) is 1. The Bertz CT molecular complexity index is 699. The summed E-state index contributed by atoms with van der Waals surface area (Å²) in [6.45, 7) is 0.373. The molecule has 1 unspecified atom stereocenters. The topological polar surface area (TPSA) is 83.9 Å². The fraction of sp³-hybridized carbons (Fsp3) is 0.500. The average molecular weight is 349 g/mol. The SMILES string of the molecule is COC1(C(=O)O)CCN(S(=O)(=O)c2ccc(C(C)(F)F)cc2)C1. The lowest BCUT2D eigenvalue weighted by Gasteiger charge is -2.23. The van der Waals surface area contributed by atoms with E-state index in [0.717, 1.165) is 35.5 Å². The highest BCUT2D eigenvalue weighted by molar-refractivity contribution is 7.89. The number of carboxylic acid groups (broad SMARTS) is 1. The Morgan fingerprint density at radius 2 is 1.91 bits per heavy atom. The molecule has 1 aromatic rings. The molecule has 0 amide bonds. The lowest BCUT2D eigenvalue weighted by molar-refractivity contribution is -0.160. The van der Waals surface area contributed by atoms with Crippen LogP contribution in [0, 0.1) is 0 Å². The second kappa shape index (κ2) is 5.81. The molecule has 2 rings (SSSR count). The lowest BCUT2D eigenvalue weighted by Crippen LogP contribution is -2.44. The molecule has 0 saturated carbocycles. The van der Waals surface area contributed by atoms with Gasteiger partial charge in [-0.05, 0) is 12.1 Å². The van der Waals surface area contributed by atoms with Crippen molar-refractivity contribution in [3.63, 3.8) is 0 Å². The third-order valence-electron chi connectivity index (χ3n) is 3.98. The van der Waals surface area contributed by atoms with Gasteiger partial charge in [-0.25, -0.2) is 22.0 Å². The normalized spacial score (nSPS) is 23.1. The second-order valence-electron chi connectivity index (χ2n) is 5.50. The molecule has 1 saturated heterocycles. The van der Waals surface area contributed by atoms with Gasteiger partial charge in [0, 0.05) is 32.6 Å². The summed E-state index contributed by atoms with van der Waals surface area (Å²) in [5.41, 5.74) is -1.88. The van der Waals surface area contributed by atoms with E-state index in [1.165, 1.54) is 7.11 Å². The molecular formula is C14H17F2NO5S. The number of sulfonamides is 1. The minimum absolute atomic E-state index is 0.0170. The molecule has 1 N–H and O–H groups in total. The fourth-order valence-corrected chi connectivity index (χ4v) is 3.94. The van der Waals surface area contributed by atoms with E-state index in [0.29, 0.717) is 0 Å². The summed E-state index contributed by atoms with van der Waals surface area (Å²) in [6.07, 6.45) is 0.0170. The average Bonchev–Trinajstić information content (AvgIpc) is 2.93. The van der Waals surface area contributed by atoms with Gasteiger partial charge < -0.3 is 9.84 Å². The predicted octanol–water partition coefficient (Wildman–Crippen LogP) is 1.66. The van der Waals surface area contributed by atoms with Crippen LogP contribution in [0.2, 0.25) is 0 Å². The van der Waals surface area contributed by atoms with Crippen LogP contribution in [0.3, 0.4) is 0 Å². The lowest BCUT2D eigenvalue weighted by atomic mass is 10.0. The first-order valence-electron chi connectivity index (χ1n) is 6.80. The number of hydrogen-bond donors (Lipinski definition) is 1. The zero-order chi connectivity index (χ0) is 17.5. The van der Waals surface area contributed by atoms with Crippen LogP contribution in [0.1, 0.15) is 18.9 Å². The maximum absolute atomic E-state index is 13.2. The molecule has 1 atom stereocenters. The standard InChI is InChI=1S/C14H17F2NO5S/c1-13(15,16)10-3-5-11(6-4-10)23(20,21)17-8-7-14(9-17,22-2)12(18)19/h3-6H,7-9H2,1-2H3,(H,18,19). The molecule has 1 fully saturated rings. The van der Waals surface area contributed by atoms with E-state index in [9.17, 15) is 27.1 Å². The monoisotopic (exact) mass is 349 g/mol. The Balaban J connectivity index is 2.28. The highest BCUT2D eigenvalue weighted by Crippen LogP contribution is 2.32. The van der Waals surface area contributed by atoms with Gasteiger partial charge in [0.15, 0.2) is 5.60 Å². The van der Waals surface area contributed by atoms with Gasteiger partial charge in [0.2, 0.25) is 10.0 Å². The molecule has 1 aliphatic heterocycles. The van der Waals surface area contributed by atoms with Crippen LogP contribution >= 0.6 is 0 Å². The molecule has 23 heavy (non-hydrogen) atoms. The van der Waals surface area contributed by atoms with Gasteiger partial charge in [0.05, 0.1) is 11.4 Å². The zero-order valence-electron chi connectivity index (χ0n) is 12.6. The van der Waals surface area contributed by atoms with E-state index in [2.05, 4.69) is 0 Å². The van der Waals surface area contributed by atoms with Crippen molar-refractivity contribution in [2.45, 2.75) is 29.8 Å². The number of rotatable bonds is 5. The van der Waals surface area contributed by atoms with E-state index in [-0.39, 0.29) is 30.0 Å². The van der Waals surface area contributed by atoms with Gasteiger partial charge in [-0.1, -0.05) is 12.1 Å². The van der Waals surface area contributed by atoms with Crippen LogP contribution in [-0.4, -0.2) is 49.6 Å². The Kier molecular flexibility index (Phi) is 4.49. The second-order valence-corrected chi connectivity index (χ2v) is 7.44. The van der Waals surface area contributed by atoms with Crippen LogP contribution in [0.15, 0.2) is 29.2 Å². The van der Waals surface area contributed by atoms with Crippen LogP contribution in [-0.2, 0) is 25.5 Å². The quantitative estimate of drug-likeness (QED) is 0.874. The molecule has 1 aliphatic rings. The van der Waals surface area contributed by atoms with Gasteiger partial charge in [0.25, 0.3) is 5.92 Å². The minimum Gasteiger partial charge on any atom is -0.479 e. The van der Waals surface area contributed by atoms with Gasteiger partial charge in [0.1, 0.15) is 0 Å². The van der Waals surface area contributed by atoms with E-state index in [1.807, 2.05) is 0 Å². The van der Waals surface area contributed by atoms with Crippen molar-refractivity contribution in [1.82, 2.24) is 4.31 Å². The summed E-state index contributed by atoms with van der Waals surface area (Å²) in [6, 6.07) is 4.28. The molecule has 6 nitrogen and oxygen atoms in total. The molecular weight excluding hydrogens is 332 g/mol. The van der Waals surface area contributed by atoms with Crippen molar-refractivity contribution >= 4 is 16.0 Å². The fourth-order valence-electron chi connectivity index (χ4n) is 2.45. The summed E-state index contributed by atoms with van der Waals surface area (Å²) < 4.78 is 57.4. The number of benzene rings is 1. The highest BCUT2D eigenvalue weighted by atomic mass is 32.2. The number of aliphatic carboxylic acids is 1. The number of carboxylic acids is 1. The molecule has 0 aromatic heterocycles. The third kappa shape index (κ3) is 3.22. The van der Waals surface area contributed by atoms with Crippen molar-refractivity contribution in [3.8, 4) is 0 Å². The summed E-state index contributed by atoms with van der Waals surface area (Å²) in [4.78, 5) is 11.1. The predicted molar refractivity (Wildman–Crippen MR) is 76.8 cm³/mol. The van der Waals surface area contributed by atoms with Gasteiger partial charge in [-0.3, -0.25) is 0 Å². The van der Waals surface area contributed by atoms with Crippen LogP contribution < -0.4 is 0 Å². The van der Waals surface area contributed by atoms with Crippen molar-refractivity contribution in [3.05, 3.63) is 29.8 Å². The summed E-state index contributed by atoms with van der Waals surface area (Å²) in [5.74, 6) is -4.30. The van der Waals surface area contributed by atoms with Gasteiger partial charge in [-0.15, -0.1) is 0 Å². The number of alkyl halides is 2. The summed E-state index contributed by atoms with van der Waals surface area (Å²) in [7, 11) is -2.76. The molecule has 128 valence electrons. The van der Waals surface area contributed by atoms with E-state index in [4.69, 9.17) is 4.74 Å². The Morgan fingerprint density at radius 3 is 2.30 bits per heavy atom. The molecule has 0 bridgehead atoms. The number of carbonyl (C=O) groups is 1. The molecule has 1 aromatic carbocycles. The first-order chi connectivity index (χ1) is 10.5. The maximum atomic E-state index is 13.2. The number of nitrogens with zero attached hydrogens (tertiary/aromatic N) is 1. The van der Waals surface area contributed by atoms with E-state index < -0.39 is 27.5 Å². The van der Waals surface area contributed by atoms with Crippen LogP contribution in [0.5, 0.6) is 0 Å². The van der Waals surface area contributed by atoms with Crippen molar-refractivity contribution in [2.75, 3.05) is 20.2 Å². The largest absolute Gasteiger partial charge is 0.479 e. The van der Waals surface area contributed by atoms with Gasteiger partial charge >= 0.3 is 5.97 Å². The Morgan fingerprint density at radius 1 is 1.35 bits per heavy atom. The number of halogens is 2. The molecule has 9 heteroatoms. The van der Waals surface area contributed by atoms with Gasteiger partial charge in [-0.2, -0.15) is 4.31 Å². The minimum atomic E-state index is -3.97. The third-order valence-corrected chi connectivity index (χ3v) is 5.84. The number of methoxy groups -OCH3 is 1. The van der Waals surface area contributed by atoms with Crippen LogP contribution in [0.4, 0.5) is 8.78 Å². The number of hydrogen-bond acceptors (Lipinski definition) is 4. The summed E-state index contributed by atoms with van der Waals surface area (Å²) >= 11 is 0. The molecule has 0 spiro atoms. The van der Waals surface area contributed by atoms with E-state index in [1.54, 1.807) is 0 Å². The smallest absolute Gasteiger partial charge is 0.337 e. The van der Waals surface area contributed by atoms with Crippen molar-refractivity contribution < 1.29 is 31.8 Å². The zero-order valence-corrected chi connectivity index (χ0v) is 13.4. The van der Waals surface area contributed by atoms with E-state index >= 15 is 0 Å². The Labute approximate surface area is 132 Å². The molecule has 0 radical (unpaired) electrons. The molecule has 1 heterocycles. The molecule has 0 aliphatic carbocycles. The highest BCUT2D eigenvalue weighted by Gasteiger charge is 2.49. The van der Waals surface area contributed by atoms with Crippen molar-refractivity contribution in [1.29, 1.82) is 0 Å². The Hall–Kier alpha value is -1.58. The van der Waals surface area contributed by atoms with Crippen molar-refractivity contribution in [2.24, 2.45) is 0 Å². The summed E-state index contributed by atoms with van der Waals surface area (Å²) in [5, 5.41) is 9.21. The van der Waals surface area contributed by atoms with Crippen LogP contribution in [0.25, 0.3) is 0 Å². The first-order valence-corrected chi connectivity index (χ1v) is 8.24.